The van der Waals surface area contributed by atoms with Crippen LogP contribution in [0.2, 0.25) is 0 Å². The third-order valence-electron chi connectivity index (χ3n) is 2.43. The summed E-state index contributed by atoms with van der Waals surface area (Å²) >= 11 is 4.40. The molecule has 0 unspecified atom stereocenters. The van der Waals surface area contributed by atoms with Crippen LogP contribution in [0.5, 0.6) is 0 Å². The number of para-hydroxylation sites is 1. The fourth-order valence-electron chi connectivity index (χ4n) is 1.43. The lowest BCUT2D eigenvalue weighted by Crippen LogP contribution is -2.22. The zero-order valence-corrected chi connectivity index (χ0v) is 13.9. The molecule has 0 saturated heterocycles. The summed E-state index contributed by atoms with van der Waals surface area (Å²) in [6.07, 6.45) is 0. The molecular formula is C13H14FN3OS3. The molecule has 2 aromatic rings. The van der Waals surface area contributed by atoms with Crippen LogP contribution in [0, 0.1) is 5.82 Å². The van der Waals surface area contributed by atoms with Crippen molar-refractivity contribution in [2.75, 3.05) is 11.1 Å². The lowest BCUT2D eigenvalue weighted by Gasteiger charge is -2.10. The number of nitrogens with one attached hydrogen (secondary N) is 1. The first-order valence-electron chi connectivity index (χ1n) is 6.28. The summed E-state index contributed by atoms with van der Waals surface area (Å²) < 4.78 is 15.1. The Bertz CT molecular complexity index is 620. The molecule has 1 heterocycles. The van der Waals surface area contributed by atoms with Gasteiger partial charge < -0.3 is 5.32 Å². The van der Waals surface area contributed by atoms with Gasteiger partial charge in [-0.3, -0.25) is 4.79 Å². The van der Waals surface area contributed by atoms with Gasteiger partial charge in [0.1, 0.15) is 5.82 Å². The molecule has 0 aliphatic rings. The quantitative estimate of drug-likeness (QED) is 0.806. The Morgan fingerprint density at radius 3 is 2.81 bits per heavy atom. The SMILES string of the molecule is CCSc1nnc(S[C@@H](C)C(=O)Nc2ccccc2F)s1. The van der Waals surface area contributed by atoms with E-state index in [0.29, 0.717) is 0 Å². The maximum Gasteiger partial charge on any atom is 0.237 e. The molecule has 112 valence electrons. The van der Waals surface area contributed by atoms with Crippen LogP contribution in [0.3, 0.4) is 0 Å². The van der Waals surface area contributed by atoms with Gasteiger partial charge >= 0.3 is 0 Å². The van der Waals surface area contributed by atoms with Crippen molar-refractivity contribution in [1.29, 1.82) is 0 Å². The first-order chi connectivity index (χ1) is 10.1. The van der Waals surface area contributed by atoms with Crippen molar-refractivity contribution >= 4 is 46.5 Å². The van der Waals surface area contributed by atoms with Gasteiger partial charge in [-0.2, -0.15) is 0 Å². The summed E-state index contributed by atoms with van der Waals surface area (Å²) in [7, 11) is 0. The molecular weight excluding hydrogens is 329 g/mol. The van der Waals surface area contributed by atoms with Gasteiger partial charge in [0.05, 0.1) is 10.9 Å². The highest BCUT2D eigenvalue weighted by atomic mass is 32.2. The van der Waals surface area contributed by atoms with Gasteiger partial charge in [-0.15, -0.1) is 10.2 Å². The van der Waals surface area contributed by atoms with E-state index in [0.717, 1.165) is 14.4 Å². The standard InChI is InChI=1S/C13H14FN3OS3/c1-3-19-12-16-17-13(21-12)20-8(2)11(18)15-10-7-5-4-6-9(10)14/h4-8H,3H2,1-2H3,(H,15,18)/t8-/m0/s1. The molecule has 0 radical (unpaired) electrons. The average molecular weight is 343 g/mol. The van der Waals surface area contributed by atoms with Gasteiger partial charge in [0.25, 0.3) is 0 Å². The molecule has 0 saturated carbocycles. The van der Waals surface area contributed by atoms with Crippen molar-refractivity contribution < 1.29 is 9.18 Å². The Morgan fingerprint density at radius 2 is 2.10 bits per heavy atom. The molecule has 1 atom stereocenters. The number of hydrogen-bond acceptors (Lipinski definition) is 6. The minimum absolute atomic E-state index is 0.189. The van der Waals surface area contributed by atoms with Gasteiger partial charge in [-0.05, 0) is 24.8 Å². The van der Waals surface area contributed by atoms with E-state index in [2.05, 4.69) is 15.5 Å². The molecule has 4 nitrogen and oxygen atoms in total. The van der Waals surface area contributed by atoms with Gasteiger partial charge in [0, 0.05) is 0 Å². The number of amides is 1. The largest absolute Gasteiger partial charge is 0.323 e. The van der Waals surface area contributed by atoms with E-state index >= 15 is 0 Å². The number of aromatic nitrogens is 2. The van der Waals surface area contributed by atoms with Crippen LogP contribution >= 0.6 is 34.9 Å². The van der Waals surface area contributed by atoms with Crippen molar-refractivity contribution in [2.45, 2.75) is 27.8 Å². The van der Waals surface area contributed by atoms with Crippen molar-refractivity contribution in [3.05, 3.63) is 30.1 Å². The third-order valence-corrected chi connectivity index (χ3v) is 5.56. The molecule has 8 heteroatoms. The molecule has 0 fully saturated rings. The molecule has 1 amide bonds. The number of hydrogen-bond donors (Lipinski definition) is 1. The summed E-state index contributed by atoms with van der Waals surface area (Å²) in [4.78, 5) is 12.1. The number of thioether (sulfide) groups is 2. The molecule has 2 rings (SSSR count). The molecule has 1 aromatic carbocycles. The fourth-order valence-corrected chi connectivity index (χ4v) is 4.49. The van der Waals surface area contributed by atoms with Crippen LogP contribution in [0.1, 0.15) is 13.8 Å². The zero-order chi connectivity index (χ0) is 15.2. The van der Waals surface area contributed by atoms with E-state index in [4.69, 9.17) is 0 Å². The second kappa shape index (κ2) is 7.77. The lowest BCUT2D eigenvalue weighted by molar-refractivity contribution is -0.115. The van der Waals surface area contributed by atoms with Gasteiger partial charge in [0.15, 0.2) is 8.68 Å². The number of rotatable bonds is 6. The number of carbonyl (C=O) groups excluding carboxylic acids is 1. The van der Waals surface area contributed by atoms with Crippen molar-refractivity contribution in [3.63, 3.8) is 0 Å². The molecule has 0 aliphatic carbocycles. The second-order valence-corrected chi connectivity index (χ2v) is 8.07. The van der Waals surface area contributed by atoms with Crippen LogP contribution in [0.4, 0.5) is 10.1 Å². The Hall–Kier alpha value is -1.12. The highest BCUT2D eigenvalue weighted by molar-refractivity contribution is 8.03. The summed E-state index contributed by atoms with van der Waals surface area (Å²) in [5, 5.41) is 10.3. The summed E-state index contributed by atoms with van der Waals surface area (Å²) in [5.74, 6) is 0.230. The molecule has 21 heavy (non-hydrogen) atoms. The topological polar surface area (TPSA) is 54.9 Å². The van der Waals surface area contributed by atoms with Crippen molar-refractivity contribution in [1.82, 2.24) is 10.2 Å². The molecule has 0 aliphatic heterocycles. The molecule has 1 N–H and O–H groups in total. The molecule has 0 spiro atoms. The monoisotopic (exact) mass is 343 g/mol. The van der Waals surface area contributed by atoms with E-state index in [1.807, 2.05) is 6.92 Å². The number of nitrogens with zero attached hydrogens (tertiary/aromatic N) is 2. The van der Waals surface area contributed by atoms with Gasteiger partial charge in [-0.1, -0.05) is 53.9 Å². The smallest absolute Gasteiger partial charge is 0.237 e. The maximum atomic E-state index is 13.5. The normalized spacial score (nSPS) is 12.1. The lowest BCUT2D eigenvalue weighted by atomic mass is 10.3. The summed E-state index contributed by atoms with van der Waals surface area (Å²) in [6, 6.07) is 6.10. The van der Waals surface area contributed by atoms with Crippen LogP contribution < -0.4 is 5.32 Å². The first kappa shape index (κ1) is 16.3. The van der Waals surface area contributed by atoms with E-state index in [-0.39, 0.29) is 16.8 Å². The number of carbonyl (C=O) groups is 1. The maximum absolute atomic E-state index is 13.5. The Balaban J connectivity index is 1.94. The van der Waals surface area contributed by atoms with E-state index < -0.39 is 5.82 Å². The van der Waals surface area contributed by atoms with E-state index in [1.165, 1.54) is 35.2 Å². The minimum Gasteiger partial charge on any atom is -0.323 e. The second-order valence-electron chi connectivity index (χ2n) is 4.00. The van der Waals surface area contributed by atoms with Crippen LogP contribution in [0.25, 0.3) is 0 Å². The highest BCUT2D eigenvalue weighted by Crippen LogP contribution is 2.31. The minimum atomic E-state index is -0.444. The summed E-state index contributed by atoms with van der Waals surface area (Å²) in [6.45, 7) is 3.80. The van der Waals surface area contributed by atoms with Gasteiger partial charge in [0.2, 0.25) is 5.91 Å². The predicted molar refractivity (Wildman–Crippen MR) is 86.7 cm³/mol. The first-order valence-corrected chi connectivity index (χ1v) is 8.96. The Morgan fingerprint density at radius 1 is 1.38 bits per heavy atom. The summed E-state index contributed by atoms with van der Waals surface area (Å²) in [5.41, 5.74) is 0.189. The number of benzene rings is 1. The highest BCUT2D eigenvalue weighted by Gasteiger charge is 2.18. The fraction of sp³-hybridized carbons (Fsp3) is 0.308. The van der Waals surface area contributed by atoms with Crippen LogP contribution in [-0.4, -0.2) is 27.1 Å². The molecule has 0 bridgehead atoms. The van der Waals surface area contributed by atoms with E-state index in [1.54, 1.807) is 30.8 Å². The van der Waals surface area contributed by atoms with Crippen LogP contribution in [-0.2, 0) is 4.79 Å². The number of halogens is 1. The van der Waals surface area contributed by atoms with E-state index in [9.17, 15) is 9.18 Å². The Kier molecular flexibility index (Phi) is 6.01. The molecule has 1 aromatic heterocycles. The number of anilines is 1. The van der Waals surface area contributed by atoms with Gasteiger partial charge in [-0.25, -0.2) is 4.39 Å². The van der Waals surface area contributed by atoms with Crippen molar-refractivity contribution in [2.24, 2.45) is 0 Å². The Labute approximate surface area is 134 Å². The predicted octanol–water partition coefficient (Wildman–Crippen LogP) is 3.91. The zero-order valence-electron chi connectivity index (χ0n) is 11.5. The average Bonchev–Trinajstić information content (AvgIpc) is 2.89. The van der Waals surface area contributed by atoms with Crippen LogP contribution in [0.15, 0.2) is 32.9 Å². The van der Waals surface area contributed by atoms with Crippen molar-refractivity contribution in [3.8, 4) is 0 Å². The third kappa shape index (κ3) is 4.69.